The summed E-state index contributed by atoms with van der Waals surface area (Å²) in [6.07, 6.45) is 4.37. The zero-order chi connectivity index (χ0) is 40.1. The van der Waals surface area contributed by atoms with E-state index in [-0.39, 0.29) is 0 Å². The van der Waals surface area contributed by atoms with Crippen molar-refractivity contribution < 1.29 is 0 Å². The molecule has 0 aromatic heterocycles. The lowest BCUT2D eigenvalue weighted by molar-refractivity contribution is 1.28. The molecule has 0 heterocycles. The average molecular weight is 767 g/mol. The third-order valence-electron chi connectivity index (χ3n) is 11.2. The van der Waals surface area contributed by atoms with Crippen LogP contribution in [0.1, 0.15) is 11.1 Å². The zero-order valence-corrected chi connectivity index (χ0v) is 33.1. The fourth-order valence-corrected chi connectivity index (χ4v) is 8.05. The highest BCUT2D eigenvalue weighted by Gasteiger charge is 2.14. The highest BCUT2D eigenvalue weighted by atomic mass is 15.1. The van der Waals surface area contributed by atoms with Gasteiger partial charge in [-0.25, -0.2) is 0 Å². The zero-order valence-electron chi connectivity index (χ0n) is 33.1. The molecule has 0 aliphatic rings. The van der Waals surface area contributed by atoms with Crippen molar-refractivity contribution in [3.63, 3.8) is 0 Å². The fourth-order valence-electron chi connectivity index (χ4n) is 8.05. The Bertz CT molecular complexity index is 2830. The Balaban J connectivity index is 0.874. The van der Waals surface area contributed by atoms with Gasteiger partial charge in [0.25, 0.3) is 0 Å². The lowest BCUT2D eigenvalue weighted by atomic mass is 10.0. The molecule has 0 fully saturated rings. The molecule has 0 atom stereocenters. The van der Waals surface area contributed by atoms with Crippen molar-refractivity contribution in [1.29, 1.82) is 0 Å². The van der Waals surface area contributed by atoms with Crippen LogP contribution in [0.4, 0.5) is 34.1 Å². The summed E-state index contributed by atoms with van der Waals surface area (Å²) in [6.45, 7) is 0. The predicted octanol–water partition coefficient (Wildman–Crippen LogP) is 16.4. The number of rotatable bonds is 10. The van der Waals surface area contributed by atoms with E-state index in [2.05, 4.69) is 265 Å². The first-order valence-electron chi connectivity index (χ1n) is 20.5. The summed E-state index contributed by atoms with van der Waals surface area (Å²) < 4.78 is 0. The first kappa shape index (κ1) is 36.4. The van der Waals surface area contributed by atoms with Gasteiger partial charge in [-0.05, 0) is 140 Å². The Kier molecular flexibility index (Phi) is 10.0. The molecular weight excluding hydrogens is 725 g/mol. The first-order valence-corrected chi connectivity index (χ1v) is 20.5. The molecule has 0 amide bonds. The van der Waals surface area contributed by atoms with Gasteiger partial charge in [0, 0.05) is 34.1 Å². The Morgan fingerprint density at radius 1 is 0.217 bits per heavy atom. The quantitative estimate of drug-likeness (QED) is 0.128. The summed E-state index contributed by atoms with van der Waals surface area (Å²) in [4.78, 5) is 4.62. The van der Waals surface area contributed by atoms with Crippen LogP contribution in [-0.4, -0.2) is 0 Å². The topological polar surface area (TPSA) is 6.48 Å². The van der Waals surface area contributed by atoms with E-state index < -0.39 is 0 Å². The summed E-state index contributed by atoms with van der Waals surface area (Å²) >= 11 is 0. The van der Waals surface area contributed by atoms with Gasteiger partial charge in [0.2, 0.25) is 0 Å². The first-order chi connectivity index (χ1) is 29.7. The minimum absolute atomic E-state index is 1.10. The molecule has 0 N–H and O–H groups in total. The number of benzene rings is 10. The minimum atomic E-state index is 1.10. The van der Waals surface area contributed by atoms with Crippen molar-refractivity contribution in [2.45, 2.75) is 0 Å². The molecule has 284 valence electrons. The van der Waals surface area contributed by atoms with Crippen LogP contribution in [0, 0.1) is 0 Å². The molecule has 0 saturated heterocycles. The molecule has 0 aliphatic heterocycles. The minimum Gasteiger partial charge on any atom is -0.311 e. The molecular formula is C58H42N2. The molecule has 0 unspecified atom stereocenters. The molecule has 2 nitrogen and oxygen atoms in total. The van der Waals surface area contributed by atoms with Gasteiger partial charge < -0.3 is 9.80 Å². The van der Waals surface area contributed by atoms with E-state index in [4.69, 9.17) is 0 Å². The maximum Gasteiger partial charge on any atom is 0.0462 e. The van der Waals surface area contributed by atoms with E-state index in [1.165, 1.54) is 43.8 Å². The number of hydrogen-bond donors (Lipinski definition) is 0. The maximum absolute atomic E-state index is 2.31. The Hall–Kier alpha value is -7.94. The lowest BCUT2D eigenvalue weighted by Crippen LogP contribution is -2.09. The van der Waals surface area contributed by atoms with E-state index in [9.17, 15) is 0 Å². The summed E-state index contributed by atoms with van der Waals surface area (Å²) in [5, 5.41) is 5.01. The summed E-state index contributed by atoms with van der Waals surface area (Å²) in [7, 11) is 0. The van der Waals surface area contributed by atoms with Gasteiger partial charge in [-0.1, -0.05) is 170 Å². The number of nitrogens with zero attached hydrogens (tertiary/aromatic N) is 2. The van der Waals surface area contributed by atoms with Gasteiger partial charge in [0.1, 0.15) is 0 Å². The van der Waals surface area contributed by atoms with Gasteiger partial charge in [-0.15, -0.1) is 0 Å². The molecule has 10 rings (SSSR count). The smallest absolute Gasteiger partial charge is 0.0462 e. The van der Waals surface area contributed by atoms with Crippen LogP contribution in [0.15, 0.2) is 243 Å². The molecule has 0 radical (unpaired) electrons. The summed E-state index contributed by atoms with van der Waals surface area (Å²) in [6, 6.07) is 86.9. The monoisotopic (exact) mass is 766 g/mol. The SMILES string of the molecule is C(=Cc1ccc(N(c2ccccc2)c2ccc(-c3ccc4ccccc4c3)cc2)cc1)c1ccc(N(c2ccccc2)c2ccc(-c3ccc4ccccc4c3)cc2)cc1. The van der Waals surface area contributed by atoms with Crippen LogP contribution in [-0.2, 0) is 0 Å². The fraction of sp³-hybridized carbons (Fsp3) is 0. The van der Waals surface area contributed by atoms with Crippen molar-refractivity contribution in [2.24, 2.45) is 0 Å². The van der Waals surface area contributed by atoms with Gasteiger partial charge in [0.15, 0.2) is 0 Å². The lowest BCUT2D eigenvalue weighted by Gasteiger charge is -2.26. The standard InChI is InChI=1S/C58H42N2/c1-3-15-53(16-4-1)59(57-37-29-47(30-38-57)51-27-25-45-11-7-9-13-49(45)41-51)55-33-21-43(22-34-55)19-20-44-23-35-56(36-24-44)60(54-17-5-2-6-18-54)58-39-31-48(32-40-58)52-28-26-46-12-8-10-14-50(46)42-52/h1-42H. The number of hydrogen-bond acceptors (Lipinski definition) is 2. The second kappa shape index (κ2) is 16.5. The van der Waals surface area contributed by atoms with Gasteiger partial charge in [-0.3, -0.25) is 0 Å². The second-order valence-electron chi connectivity index (χ2n) is 15.1. The van der Waals surface area contributed by atoms with E-state index in [0.717, 1.165) is 45.3 Å². The van der Waals surface area contributed by atoms with Crippen molar-refractivity contribution in [1.82, 2.24) is 0 Å². The molecule has 0 saturated carbocycles. The highest BCUT2D eigenvalue weighted by Crippen LogP contribution is 2.38. The van der Waals surface area contributed by atoms with Crippen LogP contribution >= 0.6 is 0 Å². The Morgan fingerprint density at radius 3 is 0.867 bits per heavy atom. The summed E-state index contributed by atoms with van der Waals surface area (Å²) in [5.74, 6) is 0. The normalized spacial score (nSPS) is 11.3. The molecule has 0 bridgehead atoms. The van der Waals surface area contributed by atoms with Gasteiger partial charge in [0.05, 0.1) is 0 Å². The molecule has 2 heteroatoms. The number of para-hydroxylation sites is 2. The van der Waals surface area contributed by atoms with Gasteiger partial charge >= 0.3 is 0 Å². The Morgan fingerprint density at radius 2 is 0.500 bits per heavy atom. The molecule has 10 aromatic rings. The predicted molar refractivity (Wildman–Crippen MR) is 257 cm³/mol. The molecule has 0 aliphatic carbocycles. The van der Waals surface area contributed by atoms with Crippen LogP contribution in [0.25, 0.3) is 56.0 Å². The highest BCUT2D eigenvalue weighted by molar-refractivity contribution is 5.89. The third-order valence-corrected chi connectivity index (χ3v) is 11.2. The van der Waals surface area contributed by atoms with Crippen molar-refractivity contribution in [2.75, 3.05) is 9.80 Å². The second-order valence-corrected chi connectivity index (χ2v) is 15.1. The van der Waals surface area contributed by atoms with Crippen LogP contribution in [0.5, 0.6) is 0 Å². The Labute approximate surface area is 352 Å². The number of fused-ring (bicyclic) bond motifs is 2. The van der Waals surface area contributed by atoms with Crippen LogP contribution in [0.3, 0.4) is 0 Å². The van der Waals surface area contributed by atoms with E-state index in [0.29, 0.717) is 0 Å². The molecule has 10 aromatic carbocycles. The van der Waals surface area contributed by atoms with Crippen molar-refractivity contribution in [3.8, 4) is 22.3 Å². The largest absolute Gasteiger partial charge is 0.311 e. The maximum atomic E-state index is 2.31. The van der Waals surface area contributed by atoms with Crippen molar-refractivity contribution >= 4 is 67.8 Å². The van der Waals surface area contributed by atoms with Crippen LogP contribution in [0.2, 0.25) is 0 Å². The third kappa shape index (κ3) is 7.70. The van der Waals surface area contributed by atoms with E-state index in [1.54, 1.807) is 0 Å². The van der Waals surface area contributed by atoms with E-state index >= 15 is 0 Å². The number of anilines is 6. The molecule has 0 spiro atoms. The average Bonchev–Trinajstić information content (AvgIpc) is 3.33. The van der Waals surface area contributed by atoms with Gasteiger partial charge in [-0.2, -0.15) is 0 Å². The summed E-state index contributed by atoms with van der Waals surface area (Å²) in [5.41, 5.74) is 13.8. The van der Waals surface area contributed by atoms with Crippen LogP contribution < -0.4 is 9.80 Å². The molecule has 60 heavy (non-hydrogen) atoms. The van der Waals surface area contributed by atoms with E-state index in [1.807, 2.05) is 0 Å². The van der Waals surface area contributed by atoms with Crippen molar-refractivity contribution in [3.05, 3.63) is 254 Å².